The van der Waals surface area contributed by atoms with Gasteiger partial charge in [-0.05, 0) is 50.2 Å². The summed E-state index contributed by atoms with van der Waals surface area (Å²) in [4.78, 5) is 27.9. The molecule has 5 saturated heterocycles. The highest BCUT2D eigenvalue weighted by molar-refractivity contribution is 5.92. The normalized spacial score (nSPS) is 38.5. The van der Waals surface area contributed by atoms with Gasteiger partial charge in [-0.1, -0.05) is 12.1 Å². The van der Waals surface area contributed by atoms with Crippen LogP contribution in [-0.4, -0.2) is 210 Å². The van der Waals surface area contributed by atoms with Crippen molar-refractivity contribution >= 4 is 16.9 Å². The molecular formula is C47H54O26. The number of methoxy groups -OCH3 is 1. The fourth-order valence-electron chi connectivity index (χ4n) is 9.18. The largest absolute Gasteiger partial charge is 0.508 e. The molecule has 6 heterocycles. The molecule has 0 spiro atoms. The maximum atomic E-state index is 14.7. The first-order valence-electron chi connectivity index (χ1n) is 22.9. The second-order valence-electron chi connectivity index (χ2n) is 18.0. The Morgan fingerprint density at radius 2 is 1.42 bits per heavy atom. The zero-order valence-electron chi connectivity index (χ0n) is 38.7. The Morgan fingerprint density at radius 1 is 0.726 bits per heavy atom. The molecule has 0 amide bonds. The summed E-state index contributed by atoms with van der Waals surface area (Å²) in [7, 11) is 1.34. The first-order valence-corrected chi connectivity index (χ1v) is 22.9. The third kappa shape index (κ3) is 9.68. The number of benzene rings is 3. The van der Waals surface area contributed by atoms with Crippen molar-refractivity contribution in [2.45, 2.75) is 136 Å². The van der Waals surface area contributed by atoms with Crippen LogP contribution in [0.4, 0.5) is 0 Å². The molecule has 1 aromatic heterocycles. The van der Waals surface area contributed by atoms with Crippen LogP contribution in [0.2, 0.25) is 0 Å². The molecule has 3 aromatic carbocycles. The van der Waals surface area contributed by atoms with Crippen LogP contribution in [0.1, 0.15) is 24.2 Å². The molecule has 9 rings (SSSR count). The van der Waals surface area contributed by atoms with E-state index >= 15 is 0 Å². The Balaban J connectivity index is 1.01. The van der Waals surface area contributed by atoms with Gasteiger partial charge >= 0.3 is 5.97 Å². The van der Waals surface area contributed by atoms with Crippen molar-refractivity contribution in [3.8, 4) is 40.1 Å². The number of fused-ring (bicyclic) bond motifs is 3. The molecule has 73 heavy (non-hydrogen) atoms. The summed E-state index contributed by atoms with van der Waals surface area (Å²) in [5, 5.41) is 130. The van der Waals surface area contributed by atoms with Gasteiger partial charge in [-0.15, -0.1) is 0 Å². The van der Waals surface area contributed by atoms with E-state index in [-0.39, 0.29) is 34.0 Å². The van der Waals surface area contributed by atoms with E-state index in [4.69, 9.17) is 56.5 Å². The Morgan fingerprint density at radius 3 is 2.14 bits per heavy atom. The number of carbonyl (C=O) groups is 1. The van der Waals surface area contributed by atoms with E-state index in [2.05, 4.69) is 0 Å². The molecule has 5 aliphatic rings. The van der Waals surface area contributed by atoms with Gasteiger partial charge in [0.15, 0.2) is 36.7 Å². The number of ether oxygens (including phenoxy) is 11. The second kappa shape index (κ2) is 20.8. The van der Waals surface area contributed by atoms with Crippen LogP contribution >= 0.6 is 0 Å². The summed E-state index contributed by atoms with van der Waals surface area (Å²) >= 11 is 0. The topological polar surface area (TPSA) is 392 Å². The highest BCUT2D eigenvalue weighted by atomic mass is 16.8. The molecule has 26 heteroatoms. The van der Waals surface area contributed by atoms with Gasteiger partial charge in [0.05, 0.1) is 32.5 Å². The monoisotopic (exact) mass is 1030 g/mol. The zero-order chi connectivity index (χ0) is 52.4. The van der Waals surface area contributed by atoms with Crippen LogP contribution in [0.5, 0.6) is 28.7 Å². The number of phenols is 2. The molecule has 0 bridgehead atoms. The number of aromatic hydroxyl groups is 2. The lowest BCUT2D eigenvalue weighted by Gasteiger charge is -2.56. The average Bonchev–Trinajstić information content (AvgIpc) is 3.37. The molecule has 6 unspecified atom stereocenters. The van der Waals surface area contributed by atoms with Crippen LogP contribution < -0.4 is 19.6 Å². The number of para-hydroxylation sites is 1. The minimum absolute atomic E-state index is 0.00294. The Bertz CT molecular complexity index is 2670. The molecule has 20 atom stereocenters. The molecule has 12 N–H and O–H groups in total. The van der Waals surface area contributed by atoms with Gasteiger partial charge in [0.25, 0.3) is 0 Å². The fourth-order valence-corrected chi connectivity index (χ4v) is 9.18. The number of aliphatic hydroxyl groups is 10. The third-order valence-corrected chi connectivity index (χ3v) is 13.3. The lowest BCUT2D eigenvalue weighted by molar-refractivity contribution is -0.484. The van der Waals surface area contributed by atoms with Crippen LogP contribution in [-0.2, 0) is 37.9 Å². The predicted molar refractivity (Wildman–Crippen MR) is 236 cm³/mol. The summed E-state index contributed by atoms with van der Waals surface area (Å²) in [6.45, 7) is 1.20. The lowest BCUT2D eigenvalue weighted by Crippen LogP contribution is -2.77. The van der Waals surface area contributed by atoms with E-state index < -0.39 is 170 Å². The van der Waals surface area contributed by atoms with E-state index in [0.29, 0.717) is 0 Å². The SMILES string of the molecule is COc1ccccc1C(=O)OC1[C@@H](O)[C@@H](C)O[C@@H](Oc2cc(O)c3c(=O)c(O[C@@H]4O[C@@H](CO)C(O)C5(O)O[C@@H]6C(O)[C@@H](O)[C@@H](CO[C@H]7O[C@@H](C)[C@@H](O)C(O)[C@H]7O)O[C@@H]6OC45)c(-c4ccc(O)cc4)oc3c2)[C@H]1O. The molecule has 0 saturated carbocycles. The molecule has 398 valence electrons. The molecular weight excluding hydrogens is 980 g/mol. The van der Waals surface area contributed by atoms with Crippen LogP contribution in [0.15, 0.2) is 69.9 Å². The summed E-state index contributed by atoms with van der Waals surface area (Å²) in [6, 6.07) is 13.3. The van der Waals surface area contributed by atoms with E-state index in [0.717, 1.165) is 12.1 Å². The van der Waals surface area contributed by atoms with Gasteiger partial charge in [-0.3, -0.25) is 4.79 Å². The maximum absolute atomic E-state index is 14.7. The van der Waals surface area contributed by atoms with Gasteiger partial charge in [0.2, 0.25) is 29.5 Å². The van der Waals surface area contributed by atoms with E-state index in [1.54, 1.807) is 12.1 Å². The van der Waals surface area contributed by atoms with Gasteiger partial charge in [-0.25, -0.2) is 4.79 Å². The van der Waals surface area contributed by atoms with Gasteiger partial charge in [0, 0.05) is 17.7 Å². The molecule has 0 aliphatic carbocycles. The standard InChI is InChI=1S/C47H54O26/c1-16-28(51)32(55)34(57)43(64-16)63-15-26-30(53)33(56)39-45(69-26)72-41-46(68-25(14-48)40(59)47(41,61)73-39)71-38-31(54)27-22(50)12-20(13-24(27)67-36(38)18-8-10-19(49)11-9-18)66-44-35(58)37(29(52)17(2)65-44)70-42(60)21-6-4-5-7-23(21)62-3/h4-13,16-17,25-26,28-30,32-35,37,39-41,43-46,48-53,55-59,61H,14-15H2,1-3H3/t16-,17+,25-,26+,28+,29-,30-,32?,33?,34+,35-,37?,39+,40?,41?,43-,44-,45+,46-,47?/m0/s1. The van der Waals surface area contributed by atoms with Crippen molar-refractivity contribution in [2.24, 2.45) is 0 Å². The predicted octanol–water partition coefficient (Wildman–Crippen LogP) is -2.83. The number of hydrogen-bond donors (Lipinski definition) is 12. The molecule has 26 nitrogen and oxygen atoms in total. The van der Waals surface area contributed by atoms with Crippen molar-refractivity contribution in [2.75, 3.05) is 20.3 Å². The van der Waals surface area contributed by atoms with Gasteiger partial charge in [-0.2, -0.15) is 0 Å². The second-order valence-corrected chi connectivity index (χ2v) is 18.0. The van der Waals surface area contributed by atoms with Gasteiger partial charge < -0.3 is 118 Å². The van der Waals surface area contributed by atoms with Crippen molar-refractivity contribution in [1.82, 2.24) is 0 Å². The molecule has 4 aromatic rings. The number of rotatable bonds is 12. The smallest absolute Gasteiger partial charge is 0.342 e. The number of carbonyl (C=O) groups excluding carboxylic acids is 1. The number of aliphatic hydroxyl groups excluding tert-OH is 9. The number of esters is 1. The average molecular weight is 1030 g/mol. The third-order valence-electron chi connectivity index (χ3n) is 13.3. The van der Waals surface area contributed by atoms with Crippen molar-refractivity contribution < 1.29 is 123 Å². The first kappa shape index (κ1) is 52.5. The lowest BCUT2D eigenvalue weighted by atomic mass is 9.90. The maximum Gasteiger partial charge on any atom is 0.342 e. The van der Waals surface area contributed by atoms with Gasteiger partial charge in [0.1, 0.15) is 101 Å². The van der Waals surface area contributed by atoms with Crippen molar-refractivity contribution in [3.63, 3.8) is 0 Å². The van der Waals surface area contributed by atoms with Crippen molar-refractivity contribution in [1.29, 1.82) is 0 Å². The minimum atomic E-state index is -2.97. The molecule has 5 aliphatic heterocycles. The van der Waals surface area contributed by atoms with Crippen molar-refractivity contribution in [3.05, 3.63) is 76.5 Å². The molecule has 5 fully saturated rings. The van der Waals surface area contributed by atoms with E-state index in [9.17, 15) is 70.9 Å². The Labute approximate surface area is 412 Å². The summed E-state index contributed by atoms with van der Waals surface area (Å²) < 4.78 is 69.4. The number of hydrogen-bond acceptors (Lipinski definition) is 26. The van der Waals surface area contributed by atoms with E-state index in [1.165, 1.54) is 57.4 Å². The first-order chi connectivity index (χ1) is 34.7. The van der Waals surface area contributed by atoms with Crippen LogP contribution in [0.3, 0.4) is 0 Å². The summed E-state index contributed by atoms with van der Waals surface area (Å²) in [5.41, 5.74) is -1.44. The Kier molecular flexibility index (Phi) is 14.9. The fraction of sp³-hybridized carbons (Fsp3) is 0.532. The van der Waals surface area contributed by atoms with Crippen LogP contribution in [0, 0.1) is 0 Å². The molecule has 0 radical (unpaired) electrons. The van der Waals surface area contributed by atoms with Crippen LogP contribution in [0.25, 0.3) is 22.3 Å². The minimum Gasteiger partial charge on any atom is -0.508 e. The number of phenolic OH excluding ortho intramolecular Hbond substituents is 2. The zero-order valence-corrected chi connectivity index (χ0v) is 38.7. The summed E-state index contributed by atoms with van der Waals surface area (Å²) in [6.07, 6.45) is -32.0. The summed E-state index contributed by atoms with van der Waals surface area (Å²) in [5.74, 6) is -6.20. The van der Waals surface area contributed by atoms with E-state index in [1.807, 2.05) is 0 Å². The Hall–Kier alpha value is -5.34. The highest BCUT2D eigenvalue weighted by Crippen LogP contribution is 2.45. The quantitative estimate of drug-likeness (QED) is 0.0636. The highest BCUT2D eigenvalue weighted by Gasteiger charge is 2.66.